The third-order valence-electron chi connectivity index (χ3n) is 4.05. The van der Waals surface area contributed by atoms with Gasteiger partial charge in [-0.25, -0.2) is 0 Å². The van der Waals surface area contributed by atoms with Crippen LogP contribution in [-0.4, -0.2) is 58.6 Å². The third kappa shape index (κ3) is 3.15. The number of amides is 1. The summed E-state index contributed by atoms with van der Waals surface area (Å²) in [5, 5.41) is 7.78. The Morgan fingerprint density at radius 1 is 1.23 bits per heavy atom. The molecule has 0 aliphatic carbocycles. The fourth-order valence-electron chi connectivity index (χ4n) is 2.64. The molecule has 0 unspecified atom stereocenters. The van der Waals surface area contributed by atoms with Crippen molar-refractivity contribution in [3.05, 3.63) is 41.0 Å². The number of carbonyl (C=O) groups is 1. The normalized spacial score (nSPS) is 16.0. The second-order valence-corrected chi connectivity index (χ2v) is 5.84. The molecule has 1 aromatic carbocycles. The maximum Gasteiger partial charge on any atom is 0.271 e. The van der Waals surface area contributed by atoms with Crippen molar-refractivity contribution in [2.24, 2.45) is 0 Å². The van der Waals surface area contributed by atoms with Crippen molar-refractivity contribution in [1.29, 1.82) is 0 Å². The van der Waals surface area contributed by atoms with E-state index in [1.807, 2.05) is 29.2 Å². The standard InChI is InChI=1S/C16H19ClN4O/c1-2-20-7-9-21(10-8-20)16(22)15-11-14(18-19-15)12-3-5-13(17)6-4-12/h3-6,11H,2,7-10H2,1H3,(H,18,19). The van der Waals surface area contributed by atoms with Crippen LogP contribution in [0.5, 0.6) is 0 Å². The number of rotatable bonds is 3. The monoisotopic (exact) mass is 318 g/mol. The van der Waals surface area contributed by atoms with Crippen molar-refractivity contribution in [2.75, 3.05) is 32.7 Å². The highest BCUT2D eigenvalue weighted by atomic mass is 35.5. The van der Waals surface area contributed by atoms with Crippen LogP contribution in [0, 0.1) is 0 Å². The summed E-state index contributed by atoms with van der Waals surface area (Å²) in [6, 6.07) is 9.23. The number of benzene rings is 1. The zero-order chi connectivity index (χ0) is 15.5. The van der Waals surface area contributed by atoms with Gasteiger partial charge in [0, 0.05) is 36.8 Å². The molecule has 2 heterocycles. The Morgan fingerprint density at radius 3 is 2.55 bits per heavy atom. The van der Waals surface area contributed by atoms with Gasteiger partial charge in [-0.1, -0.05) is 30.7 Å². The Balaban J connectivity index is 1.71. The molecule has 2 aromatic rings. The van der Waals surface area contributed by atoms with Gasteiger partial charge in [0.2, 0.25) is 0 Å². The van der Waals surface area contributed by atoms with Gasteiger partial charge in [0.1, 0.15) is 5.69 Å². The smallest absolute Gasteiger partial charge is 0.271 e. The average Bonchev–Trinajstić information content (AvgIpc) is 3.05. The van der Waals surface area contributed by atoms with Crippen molar-refractivity contribution >= 4 is 17.5 Å². The Morgan fingerprint density at radius 2 is 1.91 bits per heavy atom. The molecule has 5 nitrogen and oxygen atoms in total. The van der Waals surface area contributed by atoms with Gasteiger partial charge in [-0.3, -0.25) is 9.89 Å². The average molecular weight is 319 g/mol. The molecule has 0 radical (unpaired) electrons. The van der Waals surface area contributed by atoms with Gasteiger partial charge in [0.05, 0.1) is 5.69 Å². The minimum absolute atomic E-state index is 0.0171. The lowest BCUT2D eigenvalue weighted by Crippen LogP contribution is -2.48. The van der Waals surface area contributed by atoms with Crippen LogP contribution in [0.4, 0.5) is 0 Å². The number of likely N-dealkylation sites (N-methyl/N-ethyl adjacent to an activating group) is 1. The highest BCUT2D eigenvalue weighted by Crippen LogP contribution is 2.20. The topological polar surface area (TPSA) is 52.2 Å². The summed E-state index contributed by atoms with van der Waals surface area (Å²) < 4.78 is 0. The Bertz CT molecular complexity index is 644. The number of piperazine rings is 1. The summed E-state index contributed by atoms with van der Waals surface area (Å²) in [6.07, 6.45) is 0. The van der Waals surface area contributed by atoms with E-state index in [-0.39, 0.29) is 5.91 Å². The van der Waals surface area contributed by atoms with E-state index < -0.39 is 0 Å². The molecule has 1 aliphatic heterocycles. The van der Waals surface area contributed by atoms with Gasteiger partial charge in [0.15, 0.2) is 0 Å². The van der Waals surface area contributed by atoms with E-state index >= 15 is 0 Å². The highest BCUT2D eigenvalue weighted by molar-refractivity contribution is 6.30. The molecule has 6 heteroatoms. The van der Waals surface area contributed by atoms with Crippen molar-refractivity contribution < 1.29 is 4.79 Å². The van der Waals surface area contributed by atoms with Crippen molar-refractivity contribution in [2.45, 2.75) is 6.92 Å². The van der Waals surface area contributed by atoms with E-state index in [9.17, 15) is 4.79 Å². The number of hydrogen-bond acceptors (Lipinski definition) is 3. The molecule has 1 fully saturated rings. The predicted octanol–water partition coefficient (Wildman–Crippen LogP) is 2.51. The molecule has 1 aromatic heterocycles. The lowest BCUT2D eigenvalue weighted by Gasteiger charge is -2.33. The molecule has 1 saturated heterocycles. The van der Waals surface area contributed by atoms with Crippen LogP contribution in [0.1, 0.15) is 17.4 Å². The lowest BCUT2D eigenvalue weighted by molar-refractivity contribution is 0.0637. The van der Waals surface area contributed by atoms with Crippen LogP contribution in [0.3, 0.4) is 0 Å². The van der Waals surface area contributed by atoms with Gasteiger partial charge >= 0.3 is 0 Å². The zero-order valence-electron chi connectivity index (χ0n) is 12.6. The number of halogens is 1. The van der Waals surface area contributed by atoms with E-state index in [1.165, 1.54) is 0 Å². The number of nitrogens with one attached hydrogen (secondary N) is 1. The van der Waals surface area contributed by atoms with Crippen LogP contribution < -0.4 is 0 Å². The Hall–Kier alpha value is -1.85. The first-order chi connectivity index (χ1) is 10.7. The van der Waals surface area contributed by atoms with E-state index in [2.05, 4.69) is 22.0 Å². The number of hydrogen-bond donors (Lipinski definition) is 1. The fourth-order valence-corrected chi connectivity index (χ4v) is 2.76. The fraction of sp³-hybridized carbons (Fsp3) is 0.375. The largest absolute Gasteiger partial charge is 0.335 e. The molecule has 1 aliphatic rings. The maximum absolute atomic E-state index is 12.5. The first kappa shape index (κ1) is 15.1. The minimum atomic E-state index is 0.0171. The summed E-state index contributed by atoms with van der Waals surface area (Å²) in [5.41, 5.74) is 2.23. The van der Waals surface area contributed by atoms with E-state index in [1.54, 1.807) is 6.07 Å². The van der Waals surface area contributed by atoms with Crippen molar-refractivity contribution in [1.82, 2.24) is 20.0 Å². The van der Waals surface area contributed by atoms with Gasteiger partial charge in [-0.2, -0.15) is 5.10 Å². The summed E-state index contributed by atoms with van der Waals surface area (Å²) in [5.74, 6) is 0.0171. The Labute approximate surface area is 134 Å². The lowest BCUT2D eigenvalue weighted by atomic mass is 10.1. The molecule has 0 spiro atoms. The van der Waals surface area contributed by atoms with Crippen LogP contribution in [0.2, 0.25) is 5.02 Å². The Kier molecular flexibility index (Phi) is 4.45. The number of aromatic nitrogens is 2. The molecular weight excluding hydrogens is 300 g/mol. The highest BCUT2D eigenvalue weighted by Gasteiger charge is 2.22. The molecule has 116 valence electrons. The molecule has 1 N–H and O–H groups in total. The van der Waals surface area contributed by atoms with Crippen LogP contribution >= 0.6 is 11.6 Å². The first-order valence-corrected chi connectivity index (χ1v) is 7.88. The zero-order valence-corrected chi connectivity index (χ0v) is 13.3. The van der Waals surface area contributed by atoms with Gasteiger partial charge in [0.25, 0.3) is 5.91 Å². The van der Waals surface area contributed by atoms with E-state index in [4.69, 9.17) is 11.6 Å². The summed E-state index contributed by atoms with van der Waals surface area (Å²) in [6.45, 7) is 6.57. The van der Waals surface area contributed by atoms with Crippen molar-refractivity contribution in [3.63, 3.8) is 0 Å². The quantitative estimate of drug-likeness (QED) is 0.946. The third-order valence-corrected chi connectivity index (χ3v) is 4.31. The molecule has 0 bridgehead atoms. The second-order valence-electron chi connectivity index (χ2n) is 5.40. The van der Waals surface area contributed by atoms with Crippen LogP contribution in [0.15, 0.2) is 30.3 Å². The van der Waals surface area contributed by atoms with Crippen molar-refractivity contribution in [3.8, 4) is 11.3 Å². The molecule has 3 rings (SSSR count). The number of H-pyrrole nitrogens is 1. The summed E-state index contributed by atoms with van der Waals surface area (Å²) in [7, 11) is 0. The van der Waals surface area contributed by atoms with Crippen LogP contribution in [-0.2, 0) is 0 Å². The first-order valence-electron chi connectivity index (χ1n) is 7.50. The minimum Gasteiger partial charge on any atom is -0.335 e. The second kappa shape index (κ2) is 6.50. The molecule has 0 atom stereocenters. The summed E-state index contributed by atoms with van der Waals surface area (Å²) in [4.78, 5) is 16.7. The SMILES string of the molecule is CCN1CCN(C(=O)c2cc(-c3ccc(Cl)cc3)n[nH]2)CC1. The number of carbonyl (C=O) groups excluding carboxylic acids is 1. The molecular formula is C16H19ClN4O. The van der Waals surface area contributed by atoms with Crippen LogP contribution in [0.25, 0.3) is 11.3 Å². The molecule has 22 heavy (non-hydrogen) atoms. The maximum atomic E-state index is 12.5. The van der Waals surface area contributed by atoms with Gasteiger partial charge in [-0.15, -0.1) is 0 Å². The van der Waals surface area contributed by atoms with Gasteiger partial charge < -0.3 is 9.80 Å². The van der Waals surface area contributed by atoms with E-state index in [0.29, 0.717) is 10.7 Å². The van der Waals surface area contributed by atoms with Gasteiger partial charge in [-0.05, 0) is 24.7 Å². The predicted molar refractivity (Wildman–Crippen MR) is 87.1 cm³/mol. The number of nitrogens with zero attached hydrogens (tertiary/aromatic N) is 3. The molecule has 0 saturated carbocycles. The van der Waals surface area contributed by atoms with E-state index in [0.717, 1.165) is 44.0 Å². The molecule has 1 amide bonds. The summed E-state index contributed by atoms with van der Waals surface area (Å²) >= 11 is 5.89. The number of aromatic amines is 1.